The Hall–Kier alpha value is -2.08. The van der Waals surface area contributed by atoms with Gasteiger partial charge in [0.05, 0.1) is 22.6 Å². The summed E-state index contributed by atoms with van der Waals surface area (Å²) in [4.78, 5) is 23.1. The number of hydrogen-bond acceptors (Lipinski definition) is 4. The van der Waals surface area contributed by atoms with Gasteiger partial charge in [0.1, 0.15) is 5.52 Å². The van der Waals surface area contributed by atoms with E-state index in [-0.39, 0.29) is 18.5 Å². The number of carbonyl (C=O) groups excluding carboxylic acids is 1. The third kappa shape index (κ3) is 2.91. The zero-order chi connectivity index (χ0) is 14.7. The number of thiocarbonyl (C=S) groups is 1. The molecule has 1 amide bonds. The number of amides is 1. The first kappa shape index (κ1) is 14.3. The van der Waals surface area contributed by atoms with Gasteiger partial charge in [0.2, 0.25) is 0 Å². The van der Waals surface area contributed by atoms with Gasteiger partial charge in [-0.2, -0.15) is 0 Å². The molecule has 20 heavy (non-hydrogen) atoms. The topological polar surface area (TPSA) is 72.1 Å². The van der Waals surface area contributed by atoms with Crippen LogP contribution in [-0.2, 0) is 0 Å². The Kier molecular flexibility index (Phi) is 4.24. The number of rotatable bonds is 4. The second kappa shape index (κ2) is 5.92. The first-order valence-electron chi connectivity index (χ1n) is 6.29. The monoisotopic (exact) mass is 288 g/mol. The highest BCUT2D eigenvalue weighted by Crippen LogP contribution is 2.17. The van der Waals surface area contributed by atoms with Gasteiger partial charge in [0.25, 0.3) is 5.91 Å². The Balaban J connectivity index is 2.46. The van der Waals surface area contributed by atoms with E-state index in [1.807, 2.05) is 19.9 Å². The predicted octanol–water partition coefficient (Wildman–Crippen LogP) is 1.77. The third-order valence-electron chi connectivity index (χ3n) is 2.94. The molecule has 0 fully saturated rings. The molecule has 2 rings (SSSR count). The molecular formula is C14H16N4OS. The summed E-state index contributed by atoms with van der Waals surface area (Å²) in [6.07, 6.45) is 3.18. The van der Waals surface area contributed by atoms with Crippen molar-refractivity contribution >= 4 is 34.1 Å². The van der Waals surface area contributed by atoms with Gasteiger partial charge in [-0.05, 0) is 26.0 Å². The molecule has 6 heteroatoms. The number of nitrogens with two attached hydrogens (primary N) is 1. The molecule has 0 radical (unpaired) electrons. The number of aromatic nitrogens is 2. The molecule has 104 valence electrons. The minimum Gasteiger partial charge on any atom is -0.392 e. The first-order chi connectivity index (χ1) is 9.50. The summed E-state index contributed by atoms with van der Waals surface area (Å²) in [6.45, 7) is 4.10. The highest BCUT2D eigenvalue weighted by Gasteiger charge is 2.21. The van der Waals surface area contributed by atoms with Crippen LogP contribution in [-0.4, -0.2) is 38.4 Å². The van der Waals surface area contributed by atoms with Gasteiger partial charge in [-0.15, -0.1) is 0 Å². The lowest BCUT2D eigenvalue weighted by Gasteiger charge is -2.26. The Morgan fingerprint density at radius 2 is 2.05 bits per heavy atom. The van der Waals surface area contributed by atoms with Crippen LogP contribution in [0, 0.1) is 0 Å². The van der Waals surface area contributed by atoms with E-state index in [1.165, 1.54) is 0 Å². The van der Waals surface area contributed by atoms with Gasteiger partial charge >= 0.3 is 0 Å². The maximum Gasteiger partial charge on any atom is 0.256 e. The van der Waals surface area contributed by atoms with Crippen LogP contribution in [0.2, 0.25) is 0 Å². The molecular weight excluding hydrogens is 272 g/mol. The second-order valence-electron chi connectivity index (χ2n) is 4.72. The fourth-order valence-electron chi connectivity index (χ4n) is 1.98. The van der Waals surface area contributed by atoms with E-state index in [0.29, 0.717) is 21.6 Å². The van der Waals surface area contributed by atoms with E-state index in [9.17, 15) is 4.79 Å². The standard InChI is InChI=1S/C14H16N4OS/c1-9(2)18(8-12(15)20)14(19)10-4-3-5-11-13(10)17-7-6-16-11/h3-7,9H,8H2,1-2H3,(H2,15,20). The van der Waals surface area contributed by atoms with E-state index in [1.54, 1.807) is 29.4 Å². The molecule has 0 unspecified atom stereocenters. The summed E-state index contributed by atoms with van der Waals surface area (Å²) in [5.41, 5.74) is 7.37. The number of fused-ring (bicyclic) bond motifs is 1. The van der Waals surface area contributed by atoms with Crippen LogP contribution < -0.4 is 5.73 Å². The SMILES string of the molecule is CC(C)N(CC(N)=S)C(=O)c1cccc2nccnc12. The summed E-state index contributed by atoms with van der Waals surface area (Å²) < 4.78 is 0. The van der Waals surface area contributed by atoms with E-state index in [4.69, 9.17) is 18.0 Å². The number of benzene rings is 1. The van der Waals surface area contributed by atoms with Crippen LogP contribution in [0.15, 0.2) is 30.6 Å². The predicted molar refractivity (Wildman–Crippen MR) is 82.5 cm³/mol. The van der Waals surface area contributed by atoms with E-state index in [2.05, 4.69) is 9.97 Å². The number of carbonyl (C=O) groups is 1. The van der Waals surface area contributed by atoms with Gasteiger partial charge < -0.3 is 10.6 Å². The summed E-state index contributed by atoms with van der Waals surface area (Å²) in [5, 5.41) is 0. The molecule has 2 aromatic rings. The van der Waals surface area contributed by atoms with Crippen molar-refractivity contribution in [3.63, 3.8) is 0 Å². The van der Waals surface area contributed by atoms with Gasteiger partial charge in [-0.1, -0.05) is 18.3 Å². The van der Waals surface area contributed by atoms with Crippen molar-refractivity contribution in [3.8, 4) is 0 Å². The van der Waals surface area contributed by atoms with Gasteiger partial charge in [-0.3, -0.25) is 14.8 Å². The second-order valence-corrected chi connectivity index (χ2v) is 5.25. The normalized spacial score (nSPS) is 10.8. The molecule has 0 saturated carbocycles. The summed E-state index contributed by atoms with van der Waals surface area (Å²) in [7, 11) is 0. The summed E-state index contributed by atoms with van der Waals surface area (Å²) in [5.74, 6) is -0.140. The molecule has 2 N–H and O–H groups in total. The van der Waals surface area contributed by atoms with Crippen LogP contribution in [0.4, 0.5) is 0 Å². The highest BCUT2D eigenvalue weighted by molar-refractivity contribution is 7.80. The largest absolute Gasteiger partial charge is 0.392 e. The Labute approximate surface area is 122 Å². The van der Waals surface area contributed by atoms with Crippen molar-refractivity contribution in [1.29, 1.82) is 0 Å². The molecule has 0 saturated heterocycles. The molecule has 0 atom stereocenters. The molecule has 0 aliphatic carbocycles. The Morgan fingerprint density at radius 1 is 1.35 bits per heavy atom. The highest BCUT2D eigenvalue weighted by atomic mass is 32.1. The molecule has 1 aromatic carbocycles. The minimum absolute atomic E-state index is 0.00377. The third-order valence-corrected chi connectivity index (χ3v) is 3.07. The molecule has 0 aliphatic rings. The van der Waals surface area contributed by atoms with Gasteiger partial charge in [-0.25, -0.2) is 0 Å². The maximum absolute atomic E-state index is 12.7. The molecule has 5 nitrogen and oxygen atoms in total. The average molecular weight is 288 g/mol. The molecule has 1 heterocycles. The van der Waals surface area contributed by atoms with Crippen LogP contribution in [0.25, 0.3) is 11.0 Å². The van der Waals surface area contributed by atoms with E-state index < -0.39 is 0 Å². The lowest BCUT2D eigenvalue weighted by molar-refractivity contribution is 0.0738. The van der Waals surface area contributed by atoms with Crippen molar-refractivity contribution in [2.45, 2.75) is 19.9 Å². The van der Waals surface area contributed by atoms with E-state index in [0.717, 1.165) is 0 Å². The fraction of sp³-hybridized carbons (Fsp3) is 0.286. The van der Waals surface area contributed by atoms with Gasteiger partial charge in [0, 0.05) is 18.4 Å². The Bertz CT molecular complexity index is 651. The Morgan fingerprint density at radius 3 is 2.70 bits per heavy atom. The van der Waals surface area contributed by atoms with Crippen molar-refractivity contribution in [2.75, 3.05) is 6.54 Å². The number of hydrogen-bond donors (Lipinski definition) is 1. The van der Waals surface area contributed by atoms with Crippen LogP contribution in [0.5, 0.6) is 0 Å². The number of nitrogens with zero attached hydrogens (tertiary/aromatic N) is 3. The van der Waals surface area contributed by atoms with Gasteiger partial charge in [0.15, 0.2) is 0 Å². The fourth-order valence-corrected chi connectivity index (χ4v) is 2.12. The average Bonchev–Trinajstić information content (AvgIpc) is 2.43. The van der Waals surface area contributed by atoms with Crippen molar-refractivity contribution in [3.05, 3.63) is 36.2 Å². The summed E-state index contributed by atoms with van der Waals surface area (Å²) >= 11 is 4.91. The first-order valence-corrected chi connectivity index (χ1v) is 6.70. The zero-order valence-corrected chi connectivity index (χ0v) is 12.2. The lowest BCUT2D eigenvalue weighted by atomic mass is 10.1. The molecule has 0 spiro atoms. The molecule has 1 aromatic heterocycles. The van der Waals surface area contributed by atoms with Crippen molar-refractivity contribution < 1.29 is 4.79 Å². The number of para-hydroxylation sites is 1. The quantitative estimate of drug-likeness (QED) is 0.868. The van der Waals surface area contributed by atoms with Crippen LogP contribution >= 0.6 is 12.2 Å². The van der Waals surface area contributed by atoms with Crippen molar-refractivity contribution in [2.24, 2.45) is 5.73 Å². The summed E-state index contributed by atoms with van der Waals surface area (Å²) in [6, 6.07) is 5.36. The minimum atomic E-state index is -0.140. The lowest BCUT2D eigenvalue weighted by Crippen LogP contribution is -2.42. The molecule has 0 bridgehead atoms. The maximum atomic E-state index is 12.7. The van der Waals surface area contributed by atoms with Crippen LogP contribution in [0.1, 0.15) is 24.2 Å². The smallest absolute Gasteiger partial charge is 0.256 e. The molecule has 0 aliphatic heterocycles. The van der Waals surface area contributed by atoms with E-state index >= 15 is 0 Å². The van der Waals surface area contributed by atoms with Crippen LogP contribution in [0.3, 0.4) is 0 Å². The zero-order valence-electron chi connectivity index (χ0n) is 11.4. The van der Waals surface area contributed by atoms with Crippen molar-refractivity contribution in [1.82, 2.24) is 14.9 Å².